The lowest BCUT2D eigenvalue weighted by molar-refractivity contribution is -0.124. The summed E-state index contributed by atoms with van der Waals surface area (Å²) in [6, 6.07) is 8.35. The van der Waals surface area contributed by atoms with E-state index in [0.29, 0.717) is 19.0 Å². The summed E-state index contributed by atoms with van der Waals surface area (Å²) in [5.74, 6) is 0.460. The van der Waals surface area contributed by atoms with E-state index in [9.17, 15) is 9.59 Å². The van der Waals surface area contributed by atoms with Gasteiger partial charge in [-0.05, 0) is 23.0 Å². The number of guanidine groups is 1. The minimum atomic E-state index is -0.335. The highest BCUT2D eigenvalue weighted by molar-refractivity contribution is 6.01. The number of hydrogen-bond acceptors (Lipinski definition) is 3. The van der Waals surface area contributed by atoms with Gasteiger partial charge in [-0.25, -0.2) is 4.79 Å². The molecule has 3 amide bonds. The van der Waals surface area contributed by atoms with Crippen LogP contribution >= 0.6 is 0 Å². The summed E-state index contributed by atoms with van der Waals surface area (Å²) in [4.78, 5) is 28.3. The molecule has 0 bridgehead atoms. The van der Waals surface area contributed by atoms with Gasteiger partial charge >= 0.3 is 6.03 Å². The van der Waals surface area contributed by atoms with Gasteiger partial charge in [-0.3, -0.25) is 14.7 Å². The van der Waals surface area contributed by atoms with E-state index in [1.807, 2.05) is 0 Å². The van der Waals surface area contributed by atoms with Crippen LogP contribution in [0, 0.1) is 0 Å². The molecular weight excluding hydrogens is 330 g/mol. The lowest BCUT2D eigenvalue weighted by Crippen LogP contribution is -2.43. The first kappa shape index (κ1) is 19.8. The minimum absolute atomic E-state index is 0.0831. The van der Waals surface area contributed by atoms with E-state index in [2.05, 4.69) is 66.0 Å². The van der Waals surface area contributed by atoms with Crippen molar-refractivity contribution in [3.05, 3.63) is 35.4 Å². The first-order chi connectivity index (χ1) is 12.3. The van der Waals surface area contributed by atoms with Crippen molar-refractivity contribution < 1.29 is 9.59 Å². The van der Waals surface area contributed by atoms with Gasteiger partial charge in [-0.1, -0.05) is 45.0 Å². The van der Waals surface area contributed by atoms with Gasteiger partial charge in [-0.2, -0.15) is 0 Å². The number of imide groups is 1. The van der Waals surface area contributed by atoms with E-state index >= 15 is 0 Å². The van der Waals surface area contributed by atoms with Crippen molar-refractivity contribution in [2.45, 2.75) is 32.6 Å². The number of benzene rings is 1. The van der Waals surface area contributed by atoms with Crippen LogP contribution in [-0.2, 0) is 16.6 Å². The molecule has 0 atom stereocenters. The molecule has 1 heterocycles. The summed E-state index contributed by atoms with van der Waals surface area (Å²) in [5.41, 5.74) is 2.75. The maximum absolute atomic E-state index is 11.5. The van der Waals surface area contributed by atoms with Crippen molar-refractivity contribution in [1.82, 2.24) is 20.9 Å². The molecule has 142 valence electrons. The Kier molecular flexibility index (Phi) is 6.60. The highest BCUT2D eigenvalue weighted by Crippen LogP contribution is 2.22. The summed E-state index contributed by atoms with van der Waals surface area (Å²) in [6.07, 6.45) is 0.887. The Hall–Kier alpha value is -2.57. The van der Waals surface area contributed by atoms with Gasteiger partial charge in [0, 0.05) is 26.7 Å². The molecule has 0 spiro atoms. The number of urea groups is 1. The first-order valence-electron chi connectivity index (χ1n) is 8.93. The average Bonchev–Trinajstić information content (AvgIpc) is 2.92. The zero-order valence-corrected chi connectivity index (χ0v) is 16.1. The molecule has 0 radical (unpaired) electrons. The second-order valence-corrected chi connectivity index (χ2v) is 7.33. The van der Waals surface area contributed by atoms with Crippen molar-refractivity contribution in [3.8, 4) is 0 Å². The third-order valence-corrected chi connectivity index (χ3v) is 4.31. The molecule has 3 N–H and O–H groups in total. The van der Waals surface area contributed by atoms with Gasteiger partial charge in [0.25, 0.3) is 0 Å². The molecule has 2 rings (SSSR count). The molecule has 0 aliphatic carbocycles. The van der Waals surface area contributed by atoms with Crippen LogP contribution in [0.3, 0.4) is 0 Å². The maximum Gasteiger partial charge on any atom is 0.324 e. The van der Waals surface area contributed by atoms with Crippen molar-refractivity contribution in [3.63, 3.8) is 0 Å². The van der Waals surface area contributed by atoms with Gasteiger partial charge in [0.2, 0.25) is 5.91 Å². The Morgan fingerprint density at radius 3 is 2.35 bits per heavy atom. The number of aliphatic imine (C=N–C) groups is 1. The molecule has 1 saturated heterocycles. The van der Waals surface area contributed by atoms with E-state index in [1.54, 1.807) is 7.05 Å². The van der Waals surface area contributed by atoms with Crippen LogP contribution in [0.5, 0.6) is 0 Å². The Labute approximate surface area is 155 Å². The second-order valence-electron chi connectivity index (χ2n) is 7.33. The molecule has 1 aromatic carbocycles. The van der Waals surface area contributed by atoms with Gasteiger partial charge in [0.05, 0.1) is 6.54 Å². The van der Waals surface area contributed by atoms with Crippen LogP contribution in [0.25, 0.3) is 0 Å². The van der Waals surface area contributed by atoms with E-state index < -0.39 is 0 Å². The molecule has 1 fully saturated rings. The number of amides is 3. The Morgan fingerprint density at radius 1 is 1.15 bits per heavy atom. The largest absolute Gasteiger partial charge is 0.356 e. The maximum atomic E-state index is 11.5. The van der Waals surface area contributed by atoms with E-state index in [4.69, 9.17) is 0 Å². The number of carbonyl (C=O) groups is 2. The second kappa shape index (κ2) is 8.69. The van der Waals surface area contributed by atoms with Crippen LogP contribution in [0.1, 0.15) is 31.9 Å². The number of hydrogen-bond donors (Lipinski definition) is 3. The predicted molar refractivity (Wildman–Crippen MR) is 103 cm³/mol. The van der Waals surface area contributed by atoms with E-state index in [1.165, 1.54) is 16.0 Å². The third-order valence-electron chi connectivity index (χ3n) is 4.31. The van der Waals surface area contributed by atoms with Gasteiger partial charge in [0.1, 0.15) is 0 Å². The summed E-state index contributed by atoms with van der Waals surface area (Å²) in [5, 5.41) is 8.86. The molecule has 1 aliphatic rings. The topological polar surface area (TPSA) is 85.8 Å². The Morgan fingerprint density at radius 2 is 1.81 bits per heavy atom. The molecule has 26 heavy (non-hydrogen) atoms. The quantitative estimate of drug-likeness (QED) is 0.405. The summed E-state index contributed by atoms with van der Waals surface area (Å²) >= 11 is 0. The highest BCUT2D eigenvalue weighted by Gasteiger charge is 2.27. The Balaban J connectivity index is 1.72. The highest BCUT2D eigenvalue weighted by atomic mass is 16.2. The van der Waals surface area contributed by atoms with Crippen LogP contribution in [0.15, 0.2) is 29.3 Å². The number of carbonyl (C=O) groups excluding carboxylic acids is 2. The summed E-state index contributed by atoms with van der Waals surface area (Å²) in [6.45, 7) is 8.23. The van der Waals surface area contributed by atoms with E-state index in [0.717, 1.165) is 13.0 Å². The van der Waals surface area contributed by atoms with Crippen LogP contribution in [-0.4, -0.2) is 56.0 Å². The fourth-order valence-electron chi connectivity index (χ4n) is 2.68. The third kappa shape index (κ3) is 5.47. The smallest absolute Gasteiger partial charge is 0.324 e. The minimum Gasteiger partial charge on any atom is -0.356 e. The van der Waals surface area contributed by atoms with Crippen molar-refractivity contribution in [2.24, 2.45) is 4.99 Å². The SMILES string of the molecule is CN=C(NCCc1ccc(C(C)(C)C)cc1)NCCN1C(=O)CNC1=O. The normalized spacial score (nSPS) is 15.2. The fraction of sp³-hybridized carbons (Fsp3) is 0.526. The zero-order chi connectivity index (χ0) is 19.2. The number of nitrogens with one attached hydrogen (secondary N) is 3. The van der Waals surface area contributed by atoms with E-state index in [-0.39, 0.29) is 23.9 Å². The molecule has 0 aromatic heterocycles. The van der Waals surface area contributed by atoms with Gasteiger partial charge in [0.15, 0.2) is 5.96 Å². The fourth-order valence-corrected chi connectivity index (χ4v) is 2.68. The van der Waals surface area contributed by atoms with Crippen molar-refractivity contribution in [1.29, 1.82) is 0 Å². The number of rotatable bonds is 6. The van der Waals surface area contributed by atoms with Crippen molar-refractivity contribution in [2.75, 3.05) is 33.2 Å². The molecular formula is C19H29N5O2. The van der Waals surface area contributed by atoms with Crippen LogP contribution in [0.2, 0.25) is 0 Å². The summed E-state index contributed by atoms with van der Waals surface area (Å²) in [7, 11) is 1.70. The van der Waals surface area contributed by atoms with Gasteiger partial charge < -0.3 is 16.0 Å². The molecule has 0 saturated carbocycles. The first-order valence-corrected chi connectivity index (χ1v) is 8.93. The molecule has 1 aromatic rings. The van der Waals surface area contributed by atoms with Crippen molar-refractivity contribution >= 4 is 17.9 Å². The molecule has 0 unspecified atom stereocenters. The molecule has 1 aliphatic heterocycles. The monoisotopic (exact) mass is 359 g/mol. The lowest BCUT2D eigenvalue weighted by Gasteiger charge is -2.19. The summed E-state index contributed by atoms with van der Waals surface area (Å²) < 4.78 is 0. The standard InChI is InChI=1S/C19H29N5O2/c1-19(2,3)15-7-5-14(6-8-15)9-10-21-17(20-4)22-11-12-24-16(25)13-23-18(24)26/h5-8H,9-13H2,1-4H3,(H,23,26)(H2,20,21,22). The lowest BCUT2D eigenvalue weighted by atomic mass is 9.86. The predicted octanol–water partition coefficient (Wildman–Crippen LogP) is 1.24. The Bertz CT molecular complexity index is 646. The zero-order valence-electron chi connectivity index (χ0n) is 16.1. The van der Waals surface area contributed by atoms with Crippen LogP contribution in [0.4, 0.5) is 4.79 Å². The average molecular weight is 359 g/mol. The molecule has 7 heteroatoms. The number of nitrogens with zero attached hydrogens (tertiary/aromatic N) is 2. The van der Waals surface area contributed by atoms with Crippen LogP contribution < -0.4 is 16.0 Å². The molecule has 7 nitrogen and oxygen atoms in total. The van der Waals surface area contributed by atoms with Gasteiger partial charge in [-0.15, -0.1) is 0 Å².